The Morgan fingerprint density at radius 3 is 2.31 bits per heavy atom. The van der Waals surface area contributed by atoms with Gasteiger partial charge in [-0.25, -0.2) is 17.9 Å². The molecular weight excluding hydrogens is 400 g/mol. The monoisotopic (exact) mass is 413 g/mol. The number of amides is 1. The van der Waals surface area contributed by atoms with Gasteiger partial charge in [0.25, 0.3) is 5.91 Å². The van der Waals surface area contributed by atoms with Gasteiger partial charge in [-0.15, -0.1) is 0 Å². The van der Waals surface area contributed by atoms with Crippen molar-refractivity contribution in [3.63, 3.8) is 0 Å². The lowest BCUT2D eigenvalue weighted by atomic mass is 10.1. The normalized spacial score (nSPS) is 11.6. The summed E-state index contributed by atoms with van der Waals surface area (Å²) in [5, 5.41) is 6.31. The molecule has 0 saturated carbocycles. The molecular formula is C19H13F6N3O. The smallest absolute Gasteiger partial charge is 0.322 e. The number of carbonyl (C=O) groups excluding carboxylic acids is 1. The fourth-order valence-electron chi connectivity index (χ4n) is 2.87. The van der Waals surface area contributed by atoms with Crippen LogP contribution in [0.2, 0.25) is 0 Å². The standard InChI is InChI=1S/C19H13F6N3O/c1-9-17(10(2)28(27-9)16-6-3-11(20)7-15(16)22)18(29)26-12-4-5-14(21)13(8-12)19(23,24)25/h3-8H,1-2H3,(H,26,29). The summed E-state index contributed by atoms with van der Waals surface area (Å²) in [6, 6.07) is 4.87. The summed E-state index contributed by atoms with van der Waals surface area (Å²) < 4.78 is 80.2. The lowest BCUT2D eigenvalue weighted by Gasteiger charge is -2.11. The first-order valence-electron chi connectivity index (χ1n) is 8.18. The molecule has 2 aromatic carbocycles. The molecule has 0 radical (unpaired) electrons. The van der Waals surface area contributed by atoms with Gasteiger partial charge in [0.05, 0.1) is 22.5 Å². The predicted octanol–water partition coefficient (Wildman–Crippen LogP) is 5.18. The van der Waals surface area contributed by atoms with Crippen molar-refractivity contribution in [3.8, 4) is 5.69 Å². The van der Waals surface area contributed by atoms with E-state index in [-0.39, 0.29) is 28.3 Å². The number of alkyl halides is 3. The molecule has 1 heterocycles. The van der Waals surface area contributed by atoms with E-state index in [4.69, 9.17) is 0 Å². The Kier molecular flexibility index (Phi) is 5.12. The quantitative estimate of drug-likeness (QED) is 0.602. The lowest BCUT2D eigenvalue weighted by Crippen LogP contribution is -2.16. The van der Waals surface area contributed by atoms with Gasteiger partial charge in [-0.3, -0.25) is 4.79 Å². The summed E-state index contributed by atoms with van der Waals surface area (Å²) in [6.07, 6.45) is -4.93. The number of nitrogens with zero attached hydrogens (tertiary/aromatic N) is 2. The SMILES string of the molecule is Cc1nn(-c2ccc(F)cc2F)c(C)c1C(=O)Nc1ccc(F)c(C(F)(F)F)c1. The molecule has 0 bridgehead atoms. The Bertz CT molecular complexity index is 1100. The van der Waals surface area contributed by atoms with Gasteiger partial charge in [-0.1, -0.05) is 0 Å². The zero-order valence-corrected chi connectivity index (χ0v) is 15.0. The predicted molar refractivity (Wildman–Crippen MR) is 92.3 cm³/mol. The Labute approximate surface area is 160 Å². The largest absolute Gasteiger partial charge is 0.419 e. The Hall–Kier alpha value is -3.30. The molecule has 1 aromatic heterocycles. The van der Waals surface area contributed by atoms with Crippen LogP contribution in [0, 0.1) is 31.3 Å². The maximum Gasteiger partial charge on any atom is 0.419 e. The van der Waals surface area contributed by atoms with Crippen LogP contribution in [0.5, 0.6) is 0 Å². The van der Waals surface area contributed by atoms with Gasteiger partial charge in [0, 0.05) is 11.8 Å². The van der Waals surface area contributed by atoms with Crippen molar-refractivity contribution < 1.29 is 31.1 Å². The van der Waals surface area contributed by atoms with E-state index in [1.165, 1.54) is 13.8 Å². The number of halogens is 6. The van der Waals surface area contributed by atoms with Crippen LogP contribution in [0.4, 0.5) is 32.0 Å². The molecule has 0 fully saturated rings. The van der Waals surface area contributed by atoms with Crippen molar-refractivity contribution in [1.29, 1.82) is 0 Å². The van der Waals surface area contributed by atoms with E-state index >= 15 is 0 Å². The fourth-order valence-corrected chi connectivity index (χ4v) is 2.87. The zero-order valence-electron chi connectivity index (χ0n) is 15.0. The first-order valence-corrected chi connectivity index (χ1v) is 8.18. The van der Waals surface area contributed by atoms with E-state index in [1.807, 2.05) is 0 Å². The van der Waals surface area contributed by atoms with E-state index in [0.29, 0.717) is 18.2 Å². The molecule has 0 unspecified atom stereocenters. The maximum atomic E-state index is 14.1. The third-order valence-corrected chi connectivity index (χ3v) is 4.19. The van der Waals surface area contributed by atoms with Crippen LogP contribution in [0.25, 0.3) is 5.69 Å². The average Bonchev–Trinajstić information content (AvgIpc) is 2.90. The van der Waals surface area contributed by atoms with E-state index in [1.54, 1.807) is 0 Å². The summed E-state index contributed by atoms with van der Waals surface area (Å²) in [5.41, 5.74) is -1.56. The van der Waals surface area contributed by atoms with Crippen molar-refractivity contribution in [2.45, 2.75) is 20.0 Å². The van der Waals surface area contributed by atoms with Gasteiger partial charge < -0.3 is 5.32 Å². The van der Waals surface area contributed by atoms with Crippen LogP contribution in [0.15, 0.2) is 36.4 Å². The third-order valence-electron chi connectivity index (χ3n) is 4.19. The highest BCUT2D eigenvalue weighted by molar-refractivity contribution is 6.06. The van der Waals surface area contributed by atoms with Crippen molar-refractivity contribution in [3.05, 3.63) is 76.4 Å². The number of anilines is 1. The molecule has 0 aliphatic rings. The highest BCUT2D eigenvalue weighted by atomic mass is 19.4. The van der Waals surface area contributed by atoms with Crippen molar-refractivity contribution in [2.75, 3.05) is 5.32 Å². The summed E-state index contributed by atoms with van der Waals surface area (Å²) in [7, 11) is 0. The number of hydrogen-bond acceptors (Lipinski definition) is 2. The number of aromatic nitrogens is 2. The number of benzene rings is 2. The second kappa shape index (κ2) is 7.26. The van der Waals surface area contributed by atoms with E-state index < -0.39 is 35.1 Å². The molecule has 0 aliphatic heterocycles. The zero-order chi connectivity index (χ0) is 21.5. The van der Waals surface area contributed by atoms with Crippen LogP contribution in [-0.2, 0) is 6.18 Å². The highest BCUT2D eigenvalue weighted by Gasteiger charge is 2.34. The Morgan fingerprint density at radius 1 is 1.00 bits per heavy atom. The molecule has 152 valence electrons. The second-order valence-electron chi connectivity index (χ2n) is 6.20. The number of rotatable bonds is 3. The minimum absolute atomic E-state index is 0.00777. The van der Waals surface area contributed by atoms with Gasteiger partial charge in [0.15, 0.2) is 5.82 Å². The Balaban J connectivity index is 1.96. The van der Waals surface area contributed by atoms with Gasteiger partial charge in [0.2, 0.25) is 0 Å². The van der Waals surface area contributed by atoms with Crippen LogP contribution in [0.1, 0.15) is 27.3 Å². The van der Waals surface area contributed by atoms with Gasteiger partial charge >= 0.3 is 6.18 Å². The molecule has 29 heavy (non-hydrogen) atoms. The highest BCUT2D eigenvalue weighted by Crippen LogP contribution is 2.33. The Morgan fingerprint density at radius 2 is 1.69 bits per heavy atom. The van der Waals surface area contributed by atoms with Gasteiger partial charge in [0.1, 0.15) is 17.3 Å². The molecule has 4 nitrogen and oxygen atoms in total. The number of carbonyl (C=O) groups is 1. The maximum absolute atomic E-state index is 14.1. The van der Waals surface area contributed by atoms with Crippen LogP contribution in [-0.4, -0.2) is 15.7 Å². The molecule has 3 aromatic rings. The molecule has 10 heteroatoms. The number of aryl methyl sites for hydroxylation is 1. The van der Waals surface area contributed by atoms with Crippen LogP contribution >= 0.6 is 0 Å². The summed E-state index contributed by atoms with van der Waals surface area (Å²) in [6.45, 7) is 2.90. The second-order valence-corrected chi connectivity index (χ2v) is 6.20. The van der Waals surface area contributed by atoms with Gasteiger partial charge in [-0.2, -0.15) is 18.3 Å². The average molecular weight is 413 g/mol. The molecule has 0 saturated heterocycles. The van der Waals surface area contributed by atoms with E-state index in [0.717, 1.165) is 22.9 Å². The lowest BCUT2D eigenvalue weighted by molar-refractivity contribution is -0.139. The first-order chi connectivity index (χ1) is 13.5. The summed E-state index contributed by atoms with van der Waals surface area (Å²) in [4.78, 5) is 12.6. The number of nitrogens with one attached hydrogen (secondary N) is 1. The molecule has 0 atom stereocenters. The van der Waals surface area contributed by atoms with E-state index in [9.17, 15) is 31.1 Å². The van der Waals surface area contributed by atoms with Crippen molar-refractivity contribution in [1.82, 2.24) is 9.78 Å². The van der Waals surface area contributed by atoms with Crippen molar-refractivity contribution >= 4 is 11.6 Å². The minimum atomic E-state index is -4.93. The first kappa shape index (κ1) is 20.4. The third kappa shape index (κ3) is 3.96. The van der Waals surface area contributed by atoms with Crippen molar-refractivity contribution in [2.24, 2.45) is 0 Å². The molecule has 3 rings (SSSR count). The molecule has 0 aliphatic carbocycles. The summed E-state index contributed by atoms with van der Waals surface area (Å²) >= 11 is 0. The van der Waals surface area contributed by atoms with E-state index in [2.05, 4.69) is 10.4 Å². The molecule has 0 spiro atoms. The van der Waals surface area contributed by atoms with Crippen LogP contribution < -0.4 is 5.32 Å². The molecule has 1 amide bonds. The minimum Gasteiger partial charge on any atom is -0.322 e. The molecule has 1 N–H and O–H groups in total. The fraction of sp³-hybridized carbons (Fsp3) is 0.158. The van der Waals surface area contributed by atoms with Gasteiger partial charge in [-0.05, 0) is 44.2 Å². The number of hydrogen-bond donors (Lipinski definition) is 1. The van der Waals surface area contributed by atoms with Crippen LogP contribution in [0.3, 0.4) is 0 Å². The summed E-state index contributed by atoms with van der Waals surface area (Å²) in [5.74, 6) is -3.98. The topological polar surface area (TPSA) is 46.9 Å².